The largest absolute Gasteiger partial charge is 0.378 e. The van der Waals surface area contributed by atoms with Crippen molar-refractivity contribution >= 4 is 17.4 Å². The van der Waals surface area contributed by atoms with Crippen LogP contribution in [0.25, 0.3) is 11.3 Å². The van der Waals surface area contributed by atoms with Crippen molar-refractivity contribution in [3.63, 3.8) is 0 Å². The van der Waals surface area contributed by atoms with Gasteiger partial charge in [0, 0.05) is 57.0 Å². The molecule has 3 aromatic rings. The summed E-state index contributed by atoms with van der Waals surface area (Å²) in [6, 6.07) is 13.4. The normalized spacial score (nSPS) is 17.1. The van der Waals surface area contributed by atoms with Gasteiger partial charge in [-0.25, -0.2) is 0 Å². The van der Waals surface area contributed by atoms with Gasteiger partial charge in [-0.15, -0.1) is 5.10 Å². The van der Waals surface area contributed by atoms with Crippen LogP contribution >= 0.6 is 0 Å². The molecule has 2 saturated heterocycles. The van der Waals surface area contributed by atoms with Crippen LogP contribution in [0.5, 0.6) is 0 Å². The molecule has 2 fully saturated rings. The number of anilines is 2. The molecule has 1 amide bonds. The molecule has 1 aromatic carbocycles. The second-order valence-electron chi connectivity index (χ2n) is 7.59. The van der Waals surface area contributed by atoms with E-state index in [1.807, 2.05) is 35.2 Å². The number of hydrogen-bond donors (Lipinski definition) is 0. The van der Waals surface area contributed by atoms with Crippen molar-refractivity contribution < 1.29 is 14.1 Å². The van der Waals surface area contributed by atoms with Crippen LogP contribution in [0.3, 0.4) is 0 Å². The molecule has 4 heterocycles. The quantitative estimate of drug-likeness (QED) is 0.633. The minimum Gasteiger partial charge on any atom is -0.378 e. The lowest BCUT2D eigenvalue weighted by Gasteiger charge is -2.36. The van der Waals surface area contributed by atoms with Gasteiger partial charge in [0.05, 0.1) is 25.1 Å². The highest BCUT2D eigenvalue weighted by Gasteiger charge is 2.25. The van der Waals surface area contributed by atoms with Gasteiger partial charge in [-0.1, -0.05) is 35.5 Å². The Balaban J connectivity index is 1.22. The Morgan fingerprint density at radius 1 is 0.903 bits per heavy atom. The Morgan fingerprint density at radius 3 is 2.45 bits per heavy atom. The van der Waals surface area contributed by atoms with Gasteiger partial charge in [-0.3, -0.25) is 4.79 Å². The van der Waals surface area contributed by atoms with Crippen molar-refractivity contribution in [3.8, 4) is 11.3 Å². The summed E-state index contributed by atoms with van der Waals surface area (Å²) in [5.41, 5.74) is 2.27. The monoisotopic (exact) mass is 420 g/mol. The topological polar surface area (TPSA) is 87.8 Å². The number of rotatable bonds is 4. The lowest BCUT2D eigenvalue weighted by atomic mass is 10.1. The third-order valence-electron chi connectivity index (χ3n) is 5.68. The molecule has 9 nitrogen and oxygen atoms in total. The summed E-state index contributed by atoms with van der Waals surface area (Å²) in [6.07, 6.45) is 1.78. The molecule has 0 saturated carbocycles. The zero-order valence-corrected chi connectivity index (χ0v) is 17.2. The number of piperazine rings is 1. The third-order valence-corrected chi connectivity index (χ3v) is 5.68. The van der Waals surface area contributed by atoms with Gasteiger partial charge in [0.25, 0.3) is 5.91 Å². The maximum absolute atomic E-state index is 12.9. The maximum Gasteiger partial charge on any atom is 0.276 e. The highest BCUT2D eigenvalue weighted by Crippen LogP contribution is 2.23. The number of nitrogens with zero attached hydrogens (tertiary/aromatic N) is 6. The van der Waals surface area contributed by atoms with Crippen LogP contribution in [0.1, 0.15) is 10.5 Å². The van der Waals surface area contributed by atoms with Gasteiger partial charge in [-0.05, 0) is 0 Å². The van der Waals surface area contributed by atoms with Crippen LogP contribution in [0.4, 0.5) is 11.5 Å². The first kappa shape index (κ1) is 19.5. The number of carbonyl (C=O) groups excluding carboxylic acids is 1. The van der Waals surface area contributed by atoms with E-state index in [1.165, 1.54) is 0 Å². The van der Waals surface area contributed by atoms with Gasteiger partial charge in [-0.2, -0.15) is 5.10 Å². The molecule has 2 aliphatic heterocycles. The summed E-state index contributed by atoms with van der Waals surface area (Å²) < 4.78 is 10.8. The van der Waals surface area contributed by atoms with Crippen molar-refractivity contribution in [2.24, 2.45) is 0 Å². The van der Waals surface area contributed by atoms with E-state index in [-0.39, 0.29) is 5.91 Å². The SMILES string of the molecule is O=C(c1cc(-c2ccccc2)on1)N1CCN(c2cnnc(N3CCOCC3)c2)CC1. The summed E-state index contributed by atoms with van der Waals surface area (Å²) in [6.45, 7) is 5.74. The predicted octanol–water partition coefficient (Wildman–Crippen LogP) is 1.93. The molecule has 2 aromatic heterocycles. The van der Waals surface area contributed by atoms with Gasteiger partial charge in [0.15, 0.2) is 17.3 Å². The number of aromatic nitrogens is 3. The van der Waals surface area contributed by atoms with E-state index >= 15 is 0 Å². The third kappa shape index (κ3) is 4.22. The standard InChI is InChI=1S/C22H24N6O3/c29-22(19-15-20(31-25-19)17-4-2-1-3-5-17)28-8-6-26(7-9-28)18-14-21(24-23-16-18)27-10-12-30-13-11-27/h1-5,14-16H,6-13H2. The fraction of sp³-hybridized carbons (Fsp3) is 0.364. The number of amides is 1. The van der Waals surface area contributed by atoms with Crippen LogP contribution < -0.4 is 9.80 Å². The van der Waals surface area contributed by atoms with Crippen molar-refractivity contribution in [1.29, 1.82) is 0 Å². The summed E-state index contributed by atoms with van der Waals surface area (Å²) in [5, 5.41) is 12.5. The average molecular weight is 420 g/mol. The van der Waals surface area contributed by atoms with Crippen LogP contribution in [-0.2, 0) is 4.74 Å². The molecule has 0 unspecified atom stereocenters. The number of hydrogen-bond acceptors (Lipinski definition) is 8. The highest BCUT2D eigenvalue weighted by atomic mass is 16.5. The highest BCUT2D eigenvalue weighted by molar-refractivity contribution is 5.93. The molecule has 0 aliphatic carbocycles. The van der Waals surface area contributed by atoms with E-state index in [1.54, 1.807) is 12.3 Å². The van der Waals surface area contributed by atoms with Gasteiger partial charge in [0.1, 0.15) is 0 Å². The van der Waals surface area contributed by atoms with Crippen LogP contribution in [-0.4, -0.2) is 78.6 Å². The van der Waals surface area contributed by atoms with E-state index in [9.17, 15) is 4.79 Å². The second kappa shape index (κ2) is 8.73. The minimum atomic E-state index is -0.104. The predicted molar refractivity (Wildman–Crippen MR) is 115 cm³/mol. The van der Waals surface area contributed by atoms with E-state index in [4.69, 9.17) is 9.26 Å². The molecule has 2 aliphatic rings. The molecular weight excluding hydrogens is 396 g/mol. The van der Waals surface area contributed by atoms with E-state index in [0.717, 1.165) is 43.2 Å². The Hall–Kier alpha value is -3.46. The van der Waals surface area contributed by atoms with Gasteiger partial charge in [0.2, 0.25) is 0 Å². The number of benzene rings is 1. The Morgan fingerprint density at radius 2 is 1.68 bits per heavy atom. The zero-order chi connectivity index (χ0) is 21.0. The molecule has 9 heteroatoms. The average Bonchev–Trinajstić information content (AvgIpc) is 3.35. The molecule has 160 valence electrons. The van der Waals surface area contributed by atoms with E-state index < -0.39 is 0 Å². The lowest BCUT2D eigenvalue weighted by molar-refractivity contribution is 0.0736. The van der Waals surface area contributed by atoms with Crippen molar-refractivity contribution in [2.45, 2.75) is 0 Å². The van der Waals surface area contributed by atoms with E-state index in [0.29, 0.717) is 37.8 Å². The first-order chi connectivity index (χ1) is 15.3. The summed E-state index contributed by atoms with van der Waals surface area (Å²) in [5.74, 6) is 1.36. The Kier molecular flexibility index (Phi) is 5.49. The fourth-order valence-corrected chi connectivity index (χ4v) is 3.91. The van der Waals surface area contributed by atoms with Crippen LogP contribution in [0.15, 0.2) is 53.2 Å². The summed E-state index contributed by atoms with van der Waals surface area (Å²) >= 11 is 0. The van der Waals surface area contributed by atoms with Crippen LogP contribution in [0.2, 0.25) is 0 Å². The van der Waals surface area contributed by atoms with Gasteiger partial charge < -0.3 is 24.0 Å². The minimum absolute atomic E-state index is 0.104. The molecule has 0 atom stereocenters. The first-order valence-corrected chi connectivity index (χ1v) is 10.5. The zero-order valence-electron chi connectivity index (χ0n) is 17.2. The second-order valence-corrected chi connectivity index (χ2v) is 7.59. The Labute approximate surface area is 180 Å². The van der Waals surface area contributed by atoms with Crippen molar-refractivity contribution in [3.05, 3.63) is 54.4 Å². The van der Waals surface area contributed by atoms with Crippen molar-refractivity contribution in [2.75, 3.05) is 62.3 Å². The number of ether oxygens (including phenoxy) is 1. The van der Waals surface area contributed by atoms with Crippen LogP contribution in [0, 0.1) is 0 Å². The summed E-state index contributed by atoms with van der Waals surface area (Å²) in [4.78, 5) is 19.1. The van der Waals surface area contributed by atoms with Gasteiger partial charge >= 0.3 is 0 Å². The first-order valence-electron chi connectivity index (χ1n) is 10.5. The molecule has 0 spiro atoms. The number of carbonyl (C=O) groups is 1. The summed E-state index contributed by atoms with van der Waals surface area (Å²) in [7, 11) is 0. The molecule has 0 N–H and O–H groups in total. The number of morpholine rings is 1. The Bertz CT molecular complexity index is 1030. The molecule has 31 heavy (non-hydrogen) atoms. The molecular formula is C22H24N6O3. The molecule has 5 rings (SSSR count). The molecule has 0 bridgehead atoms. The smallest absolute Gasteiger partial charge is 0.276 e. The lowest BCUT2D eigenvalue weighted by Crippen LogP contribution is -2.49. The fourth-order valence-electron chi connectivity index (χ4n) is 3.91. The molecule has 0 radical (unpaired) electrons. The van der Waals surface area contributed by atoms with E-state index in [2.05, 4.69) is 31.2 Å². The maximum atomic E-state index is 12.9. The van der Waals surface area contributed by atoms with Crippen molar-refractivity contribution in [1.82, 2.24) is 20.3 Å².